The number of ether oxygens (including phenoxy) is 1. The zero-order valence-corrected chi connectivity index (χ0v) is 22.5. The molecule has 1 aromatic heterocycles. The number of nitrogens with zero attached hydrogens (tertiary/aromatic N) is 3. The number of hydrogen-bond donors (Lipinski definition) is 2. The first-order valence-electron chi connectivity index (χ1n) is 13.3. The fourth-order valence-corrected chi connectivity index (χ4v) is 5.42. The van der Waals surface area contributed by atoms with Crippen LogP contribution < -0.4 is 5.32 Å². The summed E-state index contributed by atoms with van der Waals surface area (Å²) in [6, 6.07) is 14.3. The third-order valence-electron chi connectivity index (χ3n) is 7.91. The molecule has 8 nitrogen and oxygen atoms in total. The number of halogens is 3. The summed E-state index contributed by atoms with van der Waals surface area (Å²) in [7, 11) is 0. The van der Waals surface area contributed by atoms with E-state index in [1.54, 1.807) is 0 Å². The highest BCUT2D eigenvalue weighted by atomic mass is 19.4. The number of aromatic nitrogens is 3. The zero-order chi connectivity index (χ0) is 29.4. The Morgan fingerprint density at radius 2 is 1.88 bits per heavy atom. The molecule has 0 aliphatic heterocycles. The van der Waals surface area contributed by atoms with Gasteiger partial charge in [-0.05, 0) is 61.4 Å². The number of carbonyl (C=O) groups is 2. The number of aryl methyl sites for hydroxylation is 1. The Kier molecular flexibility index (Phi) is 7.23. The first-order valence-corrected chi connectivity index (χ1v) is 13.3. The van der Waals surface area contributed by atoms with E-state index in [0.717, 1.165) is 23.3 Å². The van der Waals surface area contributed by atoms with Crippen LogP contribution in [0.2, 0.25) is 0 Å². The van der Waals surface area contributed by atoms with Gasteiger partial charge in [0.2, 0.25) is 0 Å². The molecule has 2 N–H and O–H groups in total. The molecule has 1 amide bonds. The Hall–Kier alpha value is -4.41. The maximum Gasteiger partial charge on any atom is 0.416 e. The van der Waals surface area contributed by atoms with Crippen molar-refractivity contribution in [3.63, 3.8) is 0 Å². The van der Waals surface area contributed by atoms with Crippen LogP contribution in [0.3, 0.4) is 0 Å². The van der Waals surface area contributed by atoms with Crippen molar-refractivity contribution in [1.82, 2.24) is 15.0 Å². The van der Waals surface area contributed by atoms with Crippen molar-refractivity contribution < 1.29 is 32.6 Å². The van der Waals surface area contributed by atoms with Crippen LogP contribution >= 0.6 is 0 Å². The van der Waals surface area contributed by atoms with Gasteiger partial charge >= 0.3 is 18.2 Å². The smallest absolute Gasteiger partial charge is 0.416 e. The highest BCUT2D eigenvalue weighted by Crippen LogP contribution is 2.61. The molecule has 0 bridgehead atoms. The lowest BCUT2D eigenvalue weighted by molar-refractivity contribution is -0.147. The van der Waals surface area contributed by atoms with Gasteiger partial charge < -0.3 is 9.84 Å². The molecule has 41 heavy (non-hydrogen) atoms. The number of hydrogen-bond acceptors (Lipinski definition) is 5. The molecule has 214 valence electrons. The summed E-state index contributed by atoms with van der Waals surface area (Å²) in [5.41, 5.74) is -0.665. The molecule has 1 fully saturated rings. The molecule has 0 saturated heterocycles. The van der Waals surface area contributed by atoms with Crippen LogP contribution in [0.5, 0.6) is 0 Å². The SMILES string of the molecule is CCc1nnn(C2(C3(C(=O)O)CC3)C=CC(c3ccccc3)=CC2)c1NC(=O)O[C@H](C)c1cccc(C(F)(F)F)c1. The van der Waals surface area contributed by atoms with Gasteiger partial charge in [-0.2, -0.15) is 13.2 Å². The van der Waals surface area contributed by atoms with Gasteiger partial charge in [-0.15, -0.1) is 5.10 Å². The second kappa shape index (κ2) is 10.5. The van der Waals surface area contributed by atoms with E-state index >= 15 is 0 Å². The summed E-state index contributed by atoms with van der Waals surface area (Å²) in [6.07, 6.45) is 0.691. The third kappa shape index (κ3) is 5.12. The number of nitrogens with one attached hydrogen (secondary N) is 1. The molecule has 11 heteroatoms. The summed E-state index contributed by atoms with van der Waals surface area (Å²) >= 11 is 0. The summed E-state index contributed by atoms with van der Waals surface area (Å²) in [5, 5.41) is 21.5. The zero-order valence-electron chi connectivity index (χ0n) is 22.5. The Balaban J connectivity index is 1.45. The van der Waals surface area contributed by atoms with E-state index in [2.05, 4.69) is 15.6 Å². The van der Waals surface area contributed by atoms with Crippen LogP contribution in [0, 0.1) is 5.41 Å². The maximum atomic E-state index is 13.2. The van der Waals surface area contributed by atoms with Gasteiger partial charge in [0.15, 0.2) is 5.82 Å². The average Bonchev–Trinajstić information content (AvgIpc) is 3.69. The molecule has 0 spiro atoms. The number of allylic oxidation sites excluding steroid dienone is 4. The number of alkyl halides is 3. The number of carboxylic acid groups (broad SMARTS) is 1. The van der Waals surface area contributed by atoms with Crippen LogP contribution in [0.15, 0.2) is 72.8 Å². The van der Waals surface area contributed by atoms with Gasteiger partial charge in [0.1, 0.15) is 17.3 Å². The molecular weight excluding hydrogens is 537 g/mol. The Morgan fingerprint density at radius 3 is 2.46 bits per heavy atom. The van der Waals surface area contributed by atoms with Crippen LogP contribution in [0.4, 0.5) is 23.8 Å². The summed E-state index contributed by atoms with van der Waals surface area (Å²) in [4.78, 5) is 25.7. The summed E-state index contributed by atoms with van der Waals surface area (Å²) in [5.74, 6) is -0.790. The third-order valence-corrected chi connectivity index (χ3v) is 7.91. The van der Waals surface area contributed by atoms with E-state index < -0.39 is 40.9 Å². The van der Waals surface area contributed by atoms with E-state index in [4.69, 9.17) is 4.74 Å². The first kappa shape index (κ1) is 28.1. The van der Waals surface area contributed by atoms with E-state index in [1.165, 1.54) is 23.7 Å². The molecule has 1 unspecified atom stereocenters. The predicted octanol–water partition coefficient (Wildman–Crippen LogP) is 6.77. The highest BCUT2D eigenvalue weighted by molar-refractivity contribution is 5.86. The summed E-state index contributed by atoms with van der Waals surface area (Å²) < 4.78 is 46.4. The topological polar surface area (TPSA) is 106 Å². The number of aliphatic carboxylic acids is 1. The van der Waals surface area contributed by atoms with Gasteiger partial charge in [0.25, 0.3) is 0 Å². The van der Waals surface area contributed by atoms with Crippen molar-refractivity contribution in [3.8, 4) is 0 Å². The van der Waals surface area contributed by atoms with Gasteiger partial charge in [-0.25, -0.2) is 9.48 Å². The lowest BCUT2D eigenvalue weighted by Crippen LogP contribution is -2.47. The average molecular weight is 567 g/mol. The van der Waals surface area contributed by atoms with Gasteiger partial charge in [-0.1, -0.05) is 72.8 Å². The number of anilines is 1. The van der Waals surface area contributed by atoms with Crippen LogP contribution in [-0.4, -0.2) is 32.2 Å². The highest BCUT2D eigenvalue weighted by Gasteiger charge is 2.66. The number of rotatable bonds is 8. The molecule has 2 aliphatic rings. The maximum absolute atomic E-state index is 13.2. The van der Waals surface area contributed by atoms with Crippen LogP contribution in [0.1, 0.15) is 61.6 Å². The molecule has 2 aromatic carbocycles. The molecule has 0 radical (unpaired) electrons. The van der Waals surface area contributed by atoms with Gasteiger partial charge in [0, 0.05) is 0 Å². The molecule has 2 atom stereocenters. The second-order valence-corrected chi connectivity index (χ2v) is 10.3. The van der Waals surface area contributed by atoms with Crippen molar-refractivity contribution in [2.75, 3.05) is 5.32 Å². The van der Waals surface area contributed by atoms with Crippen molar-refractivity contribution in [2.24, 2.45) is 5.41 Å². The Labute approximate surface area is 234 Å². The fraction of sp³-hybridized carbons (Fsp3) is 0.333. The Morgan fingerprint density at radius 1 is 1.15 bits per heavy atom. The largest absolute Gasteiger partial charge is 0.481 e. The van der Waals surface area contributed by atoms with Crippen molar-refractivity contribution in [3.05, 3.63) is 95.2 Å². The molecule has 2 aliphatic carbocycles. The minimum absolute atomic E-state index is 0.172. The standard InChI is InChI=1S/C30H29F3N4O4/c1-3-24-25(34-27(40)41-19(2)22-10-7-11-23(18-22)30(31,32)33)37(36-35-24)29(28(16-17-28)26(38)39)14-12-21(13-15-29)20-8-5-4-6-9-20/h4-14,18-19H,3,15-17H2,1-2H3,(H,34,40)(H,38,39)/t19-,29?/m1/s1. The van der Waals surface area contributed by atoms with Gasteiger partial charge in [-0.3, -0.25) is 10.1 Å². The first-order chi connectivity index (χ1) is 19.5. The van der Waals surface area contributed by atoms with Crippen LogP contribution in [0.25, 0.3) is 5.57 Å². The Bertz CT molecular complexity index is 1530. The normalized spacial score (nSPS) is 20.2. The lowest BCUT2D eigenvalue weighted by atomic mass is 9.74. The fourth-order valence-electron chi connectivity index (χ4n) is 5.42. The van der Waals surface area contributed by atoms with Gasteiger partial charge in [0.05, 0.1) is 11.0 Å². The lowest BCUT2D eigenvalue weighted by Gasteiger charge is -2.39. The molecule has 1 heterocycles. The van der Waals surface area contributed by atoms with E-state index in [9.17, 15) is 27.9 Å². The van der Waals surface area contributed by atoms with E-state index in [1.807, 2.05) is 55.5 Å². The molecular formula is C30H29F3N4O4. The van der Waals surface area contributed by atoms with Crippen LogP contribution in [-0.2, 0) is 27.7 Å². The monoisotopic (exact) mass is 566 g/mol. The predicted molar refractivity (Wildman–Crippen MR) is 145 cm³/mol. The molecule has 5 rings (SSSR count). The van der Waals surface area contributed by atoms with E-state index in [-0.39, 0.29) is 17.8 Å². The molecule has 3 aromatic rings. The van der Waals surface area contributed by atoms with Crippen molar-refractivity contribution in [1.29, 1.82) is 0 Å². The minimum Gasteiger partial charge on any atom is -0.481 e. The van der Waals surface area contributed by atoms with Crippen molar-refractivity contribution >= 4 is 23.5 Å². The number of carbonyl (C=O) groups excluding carboxylic acids is 1. The number of amides is 1. The van der Waals surface area contributed by atoms with Crippen molar-refractivity contribution in [2.45, 2.75) is 57.3 Å². The second-order valence-electron chi connectivity index (χ2n) is 10.3. The number of benzene rings is 2. The quantitative estimate of drug-likeness (QED) is 0.312. The minimum atomic E-state index is -4.54. The molecule has 1 saturated carbocycles. The number of carboxylic acids is 1. The van der Waals surface area contributed by atoms with E-state index in [0.29, 0.717) is 25.0 Å². The summed E-state index contributed by atoms with van der Waals surface area (Å²) in [6.45, 7) is 3.28.